The predicted molar refractivity (Wildman–Crippen MR) is 107 cm³/mol. The van der Waals surface area contributed by atoms with Gasteiger partial charge in [0.15, 0.2) is 5.65 Å². The van der Waals surface area contributed by atoms with Gasteiger partial charge in [0.05, 0.1) is 6.04 Å². The van der Waals surface area contributed by atoms with Crippen LogP contribution in [0.2, 0.25) is 0 Å². The smallest absolute Gasteiger partial charge is 0.254 e. The van der Waals surface area contributed by atoms with Crippen LogP contribution in [0.1, 0.15) is 30.6 Å². The third-order valence-electron chi connectivity index (χ3n) is 5.27. The zero-order chi connectivity index (χ0) is 19.8. The first-order valence-electron chi connectivity index (χ1n) is 9.16. The van der Waals surface area contributed by atoms with E-state index in [1.165, 1.54) is 12.1 Å². The Morgan fingerprint density at radius 3 is 2.71 bits per heavy atom. The number of halogens is 1. The molecule has 3 heterocycles. The fourth-order valence-electron chi connectivity index (χ4n) is 3.59. The zero-order valence-electron chi connectivity index (χ0n) is 16.0. The molecule has 28 heavy (non-hydrogen) atoms. The van der Waals surface area contributed by atoms with Gasteiger partial charge in [0.25, 0.3) is 5.91 Å². The van der Waals surface area contributed by atoms with Gasteiger partial charge in [-0.05, 0) is 55.8 Å². The summed E-state index contributed by atoms with van der Waals surface area (Å²) in [4.78, 5) is 23.8. The molecule has 3 aromatic rings. The van der Waals surface area contributed by atoms with Crippen LogP contribution in [-0.2, 0) is 4.79 Å². The van der Waals surface area contributed by atoms with Gasteiger partial charge in [-0.1, -0.05) is 12.1 Å². The SMILES string of the molecule is CC1=C(C(=O)Nc2ccc3ccc(C)nc3n2)CC(c2cccc(F)c2)N1C. The van der Waals surface area contributed by atoms with Gasteiger partial charge in [0, 0.05) is 35.8 Å². The highest BCUT2D eigenvalue weighted by Gasteiger charge is 2.31. The second kappa shape index (κ2) is 7.03. The van der Waals surface area contributed by atoms with Crippen molar-refractivity contribution in [3.8, 4) is 0 Å². The van der Waals surface area contributed by atoms with Crippen LogP contribution >= 0.6 is 0 Å². The minimum atomic E-state index is -0.274. The van der Waals surface area contributed by atoms with E-state index in [-0.39, 0.29) is 17.8 Å². The number of nitrogens with one attached hydrogen (secondary N) is 1. The van der Waals surface area contributed by atoms with Gasteiger partial charge >= 0.3 is 0 Å². The molecule has 1 N–H and O–H groups in total. The third kappa shape index (κ3) is 3.33. The lowest BCUT2D eigenvalue weighted by molar-refractivity contribution is -0.113. The highest BCUT2D eigenvalue weighted by molar-refractivity contribution is 6.04. The molecular formula is C22H21FN4O. The lowest BCUT2D eigenvalue weighted by Crippen LogP contribution is -2.17. The van der Waals surface area contributed by atoms with Crippen LogP contribution in [0.3, 0.4) is 0 Å². The van der Waals surface area contributed by atoms with E-state index < -0.39 is 0 Å². The Morgan fingerprint density at radius 2 is 1.93 bits per heavy atom. The van der Waals surface area contributed by atoms with Crippen molar-refractivity contribution in [2.45, 2.75) is 26.3 Å². The standard InChI is InChI=1S/C22H21FN4O/c1-13-7-8-15-9-10-20(25-21(15)24-13)26-22(28)18-12-19(27(3)14(18)2)16-5-4-6-17(23)11-16/h4-11,19H,12H2,1-3H3,(H,24,25,26,28). The van der Waals surface area contributed by atoms with E-state index >= 15 is 0 Å². The quantitative estimate of drug-likeness (QED) is 0.738. The average Bonchev–Trinajstić information content (AvgIpc) is 2.96. The Morgan fingerprint density at radius 1 is 1.14 bits per heavy atom. The molecule has 1 aliphatic rings. The first kappa shape index (κ1) is 18.1. The first-order chi connectivity index (χ1) is 13.4. The second-order valence-electron chi connectivity index (χ2n) is 7.10. The van der Waals surface area contributed by atoms with Crippen LogP contribution in [0.5, 0.6) is 0 Å². The molecule has 0 saturated carbocycles. The number of allylic oxidation sites excluding steroid dienone is 1. The van der Waals surface area contributed by atoms with Crippen molar-refractivity contribution in [3.63, 3.8) is 0 Å². The molecule has 1 aromatic carbocycles. The molecule has 0 saturated heterocycles. The van der Waals surface area contributed by atoms with Gasteiger partial charge < -0.3 is 10.2 Å². The number of hydrogen-bond acceptors (Lipinski definition) is 4. The molecule has 1 atom stereocenters. The Kier molecular flexibility index (Phi) is 4.55. The van der Waals surface area contributed by atoms with E-state index in [4.69, 9.17) is 0 Å². The van der Waals surface area contributed by atoms with Crippen LogP contribution in [0, 0.1) is 12.7 Å². The summed E-state index contributed by atoms with van der Waals surface area (Å²) in [7, 11) is 1.92. The summed E-state index contributed by atoms with van der Waals surface area (Å²) < 4.78 is 13.6. The molecule has 5 nitrogen and oxygen atoms in total. The van der Waals surface area contributed by atoms with E-state index in [1.54, 1.807) is 12.1 Å². The van der Waals surface area contributed by atoms with Gasteiger partial charge in [-0.15, -0.1) is 0 Å². The van der Waals surface area contributed by atoms with E-state index in [2.05, 4.69) is 15.3 Å². The Balaban J connectivity index is 1.56. The molecule has 0 radical (unpaired) electrons. The summed E-state index contributed by atoms with van der Waals surface area (Å²) in [5, 5.41) is 3.80. The minimum absolute atomic E-state index is 0.0645. The summed E-state index contributed by atoms with van der Waals surface area (Å²) in [5.41, 5.74) is 3.88. The number of anilines is 1. The lowest BCUT2D eigenvalue weighted by Gasteiger charge is -2.24. The van der Waals surface area contributed by atoms with Crippen LogP contribution in [0.25, 0.3) is 11.0 Å². The second-order valence-corrected chi connectivity index (χ2v) is 7.10. The van der Waals surface area contributed by atoms with Crippen LogP contribution in [0.4, 0.5) is 10.2 Å². The highest BCUT2D eigenvalue weighted by Crippen LogP contribution is 2.38. The van der Waals surface area contributed by atoms with Crippen LogP contribution in [-0.4, -0.2) is 27.8 Å². The molecule has 0 fully saturated rings. The molecule has 1 amide bonds. The van der Waals surface area contributed by atoms with Gasteiger partial charge in [0.2, 0.25) is 0 Å². The van der Waals surface area contributed by atoms with Gasteiger partial charge in [-0.3, -0.25) is 4.79 Å². The van der Waals surface area contributed by atoms with Crippen molar-refractivity contribution in [1.82, 2.24) is 14.9 Å². The number of hydrogen-bond donors (Lipinski definition) is 1. The van der Waals surface area contributed by atoms with Crippen molar-refractivity contribution in [2.75, 3.05) is 12.4 Å². The zero-order valence-corrected chi connectivity index (χ0v) is 16.0. The molecule has 0 bridgehead atoms. The van der Waals surface area contributed by atoms with Crippen molar-refractivity contribution in [1.29, 1.82) is 0 Å². The normalized spacial score (nSPS) is 16.7. The van der Waals surface area contributed by atoms with Gasteiger partial charge in [0.1, 0.15) is 11.6 Å². The maximum Gasteiger partial charge on any atom is 0.254 e. The van der Waals surface area contributed by atoms with Crippen molar-refractivity contribution in [3.05, 3.63) is 76.9 Å². The molecule has 2 aromatic heterocycles. The number of aromatic nitrogens is 2. The number of fused-ring (bicyclic) bond motifs is 1. The van der Waals surface area contributed by atoms with E-state index in [9.17, 15) is 9.18 Å². The average molecular weight is 376 g/mol. The number of amides is 1. The number of nitrogens with zero attached hydrogens (tertiary/aromatic N) is 3. The maximum atomic E-state index is 13.6. The Bertz CT molecular complexity index is 1110. The summed E-state index contributed by atoms with van der Waals surface area (Å²) in [5.74, 6) is 0.000117. The van der Waals surface area contributed by atoms with Gasteiger partial charge in [-0.25, -0.2) is 14.4 Å². The summed E-state index contributed by atoms with van der Waals surface area (Å²) in [6.07, 6.45) is 0.516. The summed E-state index contributed by atoms with van der Waals surface area (Å²) >= 11 is 0. The monoisotopic (exact) mass is 376 g/mol. The fourth-order valence-corrected chi connectivity index (χ4v) is 3.59. The molecule has 1 unspecified atom stereocenters. The largest absolute Gasteiger partial charge is 0.370 e. The van der Waals surface area contributed by atoms with Crippen molar-refractivity contribution < 1.29 is 9.18 Å². The molecule has 142 valence electrons. The number of aryl methyl sites for hydroxylation is 1. The number of benzene rings is 1. The molecule has 4 rings (SSSR count). The van der Waals surface area contributed by atoms with Crippen molar-refractivity contribution >= 4 is 22.8 Å². The lowest BCUT2D eigenvalue weighted by atomic mass is 10.0. The fraction of sp³-hybridized carbons (Fsp3) is 0.227. The van der Waals surface area contributed by atoms with Crippen molar-refractivity contribution in [2.24, 2.45) is 0 Å². The number of pyridine rings is 2. The molecule has 1 aliphatic heterocycles. The molecular weight excluding hydrogens is 355 g/mol. The molecule has 0 aliphatic carbocycles. The van der Waals surface area contributed by atoms with Gasteiger partial charge in [-0.2, -0.15) is 0 Å². The van der Waals surface area contributed by atoms with Crippen LogP contribution < -0.4 is 5.32 Å². The number of carbonyl (C=O) groups excluding carboxylic acids is 1. The summed E-state index contributed by atoms with van der Waals surface area (Å²) in [6, 6.07) is 14.0. The molecule has 6 heteroatoms. The molecule has 0 spiro atoms. The van der Waals surface area contributed by atoms with E-state index in [1.807, 2.05) is 50.1 Å². The topological polar surface area (TPSA) is 58.1 Å². The Labute approximate surface area is 162 Å². The van der Waals surface area contributed by atoms with E-state index in [0.717, 1.165) is 22.3 Å². The number of carbonyl (C=O) groups is 1. The number of rotatable bonds is 3. The highest BCUT2D eigenvalue weighted by atomic mass is 19.1. The Hall–Kier alpha value is -3.28. The minimum Gasteiger partial charge on any atom is -0.370 e. The summed E-state index contributed by atoms with van der Waals surface area (Å²) in [6.45, 7) is 3.81. The first-order valence-corrected chi connectivity index (χ1v) is 9.16. The maximum absolute atomic E-state index is 13.6. The predicted octanol–water partition coefficient (Wildman–Crippen LogP) is 4.37. The van der Waals surface area contributed by atoms with Crippen LogP contribution in [0.15, 0.2) is 59.8 Å². The van der Waals surface area contributed by atoms with E-state index in [0.29, 0.717) is 23.5 Å². The third-order valence-corrected chi connectivity index (χ3v) is 5.27.